The van der Waals surface area contributed by atoms with Crippen LogP contribution in [0.25, 0.3) is 0 Å². The van der Waals surface area contributed by atoms with Gasteiger partial charge in [0, 0.05) is 24.1 Å². The van der Waals surface area contributed by atoms with Crippen molar-refractivity contribution in [2.75, 3.05) is 12.3 Å². The minimum Gasteiger partial charge on any atom is -0.435 e. The van der Waals surface area contributed by atoms with Gasteiger partial charge in [-0.3, -0.25) is 4.79 Å². The molecule has 0 saturated carbocycles. The summed E-state index contributed by atoms with van der Waals surface area (Å²) in [5, 5.41) is 11.4. The Morgan fingerprint density at radius 3 is 2.71 bits per heavy atom. The molecule has 7 heteroatoms. The minimum absolute atomic E-state index is 0.0802. The third kappa shape index (κ3) is 3.04. The van der Waals surface area contributed by atoms with Crippen molar-refractivity contribution >= 4 is 40.2 Å². The molecule has 0 bridgehead atoms. The van der Waals surface area contributed by atoms with Gasteiger partial charge >= 0.3 is 12.0 Å². The molecule has 1 aromatic heterocycles. The van der Waals surface area contributed by atoms with E-state index in [1.54, 1.807) is 18.3 Å². The highest BCUT2D eigenvalue weighted by atomic mass is 32.2. The van der Waals surface area contributed by atoms with Crippen molar-refractivity contribution in [3.63, 3.8) is 0 Å². The van der Waals surface area contributed by atoms with Crippen LogP contribution in [0.4, 0.5) is 4.79 Å². The van der Waals surface area contributed by atoms with Crippen molar-refractivity contribution in [3.05, 3.63) is 22.4 Å². The van der Waals surface area contributed by atoms with Crippen molar-refractivity contribution in [3.8, 4) is 0 Å². The molecule has 0 aliphatic carbocycles. The zero-order valence-electron chi connectivity index (χ0n) is 11.9. The van der Waals surface area contributed by atoms with Gasteiger partial charge in [0.05, 0.1) is 0 Å². The maximum absolute atomic E-state index is 12.5. The number of quaternary nitrogens is 1. The SMILES string of the molecule is CC(=O)SCC(=O)[N+]1(C(=O)O)C[C@@H](c2cccs2)CC1C. The van der Waals surface area contributed by atoms with E-state index in [0.29, 0.717) is 6.42 Å². The highest BCUT2D eigenvalue weighted by molar-refractivity contribution is 8.14. The van der Waals surface area contributed by atoms with E-state index in [1.165, 1.54) is 6.92 Å². The predicted octanol–water partition coefficient (Wildman–Crippen LogP) is 2.93. The van der Waals surface area contributed by atoms with Crippen LogP contribution >= 0.6 is 23.1 Å². The molecule has 3 atom stereocenters. The first kappa shape index (κ1) is 16.2. The van der Waals surface area contributed by atoms with E-state index in [1.807, 2.05) is 17.5 Å². The minimum atomic E-state index is -1.12. The molecule has 0 aromatic carbocycles. The van der Waals surface area contributed by atoms with Crippen LogP contribution < -0.4 is 0 Å². The Balaban J connectivity index is 2.24. The first-order valence-electron chi connectivity index (χ1n) is 6.69. The second-order valence-corrected chi connectivity index (χ2v) is 7.44. The normalized spacial score (nSPS) is 28.5. The molecule has 0 radical (unpaired) electrons. The van der Waals surface area contributed by atoms with Crippen molar-refractivity contribution in [2.45, 2.75) is 32.2 Å². The summed E-state index contributed by atoms with van der Waals surface area (Å²) in [6.07, 6.45) is -0.445. The lowest BCUT2D eigenvalue weighted by Crippen LogP contribution is -2.59. The lowest BCUT2D eigenvalue weighted by Gasteiger charge is -2.29. The second kappa shape index (κ2) is 6.29. The van der Waals surface area contributed by atoms with E-state index in [-0.39, 0.29) is 29.4 Å². The number of carbonyl (C=O) groups is 3. The van der Waals surface area contributed by atoms with E-state index in [0.717, 1.165) is 16.6 Å². The fourth-order valence-corrected chi connectivity index (χ4v) is 4.31. The molecule has 1 aromatic rings. The summed E-state index contributed by atoms with van der Waals surface area (Å²) in [7, 11) is 0. The fourth-order valence-electron chi connectivity index (χ4n) is 2.92. The van der Waals surface area contributed by atoms with Gasteiger partial charge in [-0.25, -0.2) is 4.79 Å². The molecule has 1 aliphatic heterocycles. The monoisotopic (exact) mass is 328 g/mol. The van der Waals surface area contributed by atoms with Crippen molar-refractivity contribution in [2.24, 2.45) is 0 Å². The number of imide groups is 1. The number of nitrogens with zero attached hydrogens (tertiary/aromatic N) is 1. The quantitative estimate of drug-likeness (QED) is 0.864. The van der Waals surface area contributed by atoms with Gasteiger partial charge in [-0.2, -0.15) is 9.28 Å². The number of likely N-dealkylation sites (tertiary alicyclic amines) is 1. The van der Waals surface area contributed by atoms with Crippen LogP contribution in [-0.4, -0.2) is 45.0 Å². The lowest BCUT2D eigenvalue weighted by atomic mass is 10.1. The molecule has 0 spiro atoms. The molecule has 2 amide bonds. The molecule has 21 heavy (non-hydrogen) atoms. The fraction of sp³-hybridized carbons (Fsp3) is 0.500. The Bertz CT molecular complexity index is 557. The molecule has 114 valence electrons. The molecular formula is C14H18NO4S2+. The zero-order valence-corrected chi connectivity index (χ0v) is 13.6. The van der Waals surface area contributed by atoms with E-state index < -0.39 is 16.5 Å². The maximum atomic E-state index is 12.5. The van der Waals surface area contributed by atoms with Crippen molar-refractivity contribution in [1.29, 1.82) is 0 Å². The van der Waals surface area contributed by atoms with Crippen LogP contribution in [0.2, 0.25) is 0 Å². The number of carbonyl (C=O) groups excluding carboxylic acids is 2. The smallest absolute Gasteiger partial charge is 0.435 e. The third-order valence-electron chi connectivity index (χ3n) is 4.02. The van der Waals surface area contributed by atoms with E-state index in [9.17, 15) is 19.5 Å². The highest BCUT2D eigenvalue weighted by Crippen LogP contribution is 2.40. The zero-order chi connectivity index (χ0) is 15.6. The van der Waals surface area contributed by atoms with Gasteiger partial charge in [-0.05, 0) is 18.4 Å². The van der Waals surface area contributed by atoms with E-state index in [4.69, 9.17) is 0 Å². The van der Waals surface area contributed by atoms with Crippen LogP contribution in [0.5, 0.6) is 0 Å². The summed E-state index contributed by atoms with van der Waals surface area (Å²) in [6, 6.07) is 3.64. The first-order chi connectivity index (χ1) is 9.87. The molecule has 1 fully saturated rings. The Labute approximate surface area is 131 Å². The van der Waals surface area contributed by atoms with Gasteiger partial charge in [0.15, 0.2) is 5.12 Å². The molecule has 1 aliphatic rings. The number of rotatable bonds is 3. The number of amides is 2. The topological polar surface area (TPSA) is 71.4 Å². The molecule has 1 saturated heterocycles. The van der Waals surface area contributed by atoms with Crippen molar-refractivity contribution in [1.82, 2.24) is 0 Å². The molecule has 2 rings (SSSR count). The van der Waals surface area contributed by atoms with Gasteiger partial charge < -0.3 is 5.11 Å². The Morgan fingerprint density at radius 2 is 2.19 bits per heavy atom. The van der Waals surface area contributed by atoms with Crippen LogP contribution in [0.1, 0.15) is 31.1 Å². The van der Waals surface area contributed by atoms with Crippen LogP contribution in [-0.2, 0) is 9.59 Å². The summed E-state index contributed by atoms with van der Waals surface area (Å²) in [5.41, 5.74) is 0. The van der Waals surface area contributed by atoms with Gasteiger partial charge in [-0.15, -0.1) is 11.3 Å². The van der Waals surface area contributed by atoms with Crippen molar-refractivity contribution < 1.29 is 24.0 Å². The summed E-state index contributed by atoms with van der Waals surface area (Å²) in [4.78, 5) is 36.4. The van der Waals surface area contributed by atoms with Gasteiger partial charge in [0.2, 0.25) is 0 Å². The third-order valence-corrected chi connectivity index (χ3v) is 5.85. The number of carboxylic acid groups (broad SMARTS) is 1. The van der Waals surface area contributed by atoms with Gasteiger partial charge in [0.1, 0.15) is 18.3 Å². The average molecular weight is 328 g/mol. The van der Waals surface area contributed by atoms with Gasteiger partial charge in [0.25, 0.3) is 0 Å². The predicted molar refractivity (Wildman–Crippen MR) is 82.4 cm³/mol. The molecule has 2 heterocycles. The van der Waals surface area contributed by atoms with Crippen LogP contribution in [0.15, 0.2) is 17.5 Å². The summed E-state index contributed by atoms with van der Waals surface area (Å²) >= 11 is 2.47. The summed E-state index contributed by atoms with van der Waals surface area (Å²) < 4.78 is -0.567. The Morgan fingerprint density at radius 1 is 1.48 bits per heavy atom. The molecular weight excluding hydrogens is 310 g/mol. The van der Waals surface area contributed by atoms with E-state index in [2.05, 4.69) is 0 Å². The first-order valence-corrected chi connectivity index (χ1v) is 8.56. The number of thioether (sulfide) groups is 1. The van der Waals surface area contributed by atoms with E-state index >= 15 is 0 Å². The van der Waals surface area contributed by atoms with Crippen LogP contribution in [0, 0.1) is 0 Å². The average Bonchev–Trinajstić information content (AvgIpc) is 3.03. The standard InChI is InChI=1S/C14H17NO4S2/c1-9-6-11(12-4-3-5-20-12)7-15(9,14(18)19)13(17)8-21-10(2)16/h3-5,9,11H,6-8H2,1-2H3/p+1/t9?,11-,15?/m0/s1. The highest BCUT2D eigenvalue weighted by Gasteiger charge is 2.56. The molecule has 5 nitrogen and oxygen atoms in total. The molecule has 2 unspecified atom stereocenters. The number of thiophene rings is 1. The summed E-state index contributed by atoms with van der Waals surface area (Å²) in [5.74, 6) is -0.389. The number of hydrogen-bond donors (Lipinski definition) is 1. The second-order valence-electron chi connectivity index (χ2n) is 5.31. The number of hydrogen-bond acceptors (Lipinski definition) is 5. The molecule has 1 N–H and O–H groups in total. The summed E-state index contributed by atoms with van der Waals surface area (Å²) in [6.45, 7) is 3.46. The van der Waals surface area contributed by atoms with Crippen LogP contribution in [0.3, 0.4) is 0 Å². The largest absolute Gasteiger partial charge is 0.521 e. The maximum Gasteiger partial charge on any atom is 0.521 e. The Hall–Kier alpha value is -1.18. The lowest BCUT2D eigenvalue weighted by molar-refractivity contribution is -0.791. The van der Waals surface area contributed by atoms with Gasteiger partial charge in [-0.1, -0.05) is 17.8 Å². The Kier molecular flexibility index (Phi) is 4.85.